The van der Waals surface area contributed by atoms with Crippen molar-refractivity contribution in [2.75, 3.05) is 5.32 Å². The lowest BCUT2D eigenvalue weighted by molar-refractivity contribution is 0.597. The standard InChI is InChI=1S/C19H23ClN2O2S/c1-3-4-5-6-19(21-17-11-9-16(20)10-12-17)22-25(23,24)18-13-7-15(2)8-14-18/h7-14H,3-6H2,1-2H3,(H,21,22). The second-order valence-corrected chi connectivity index (χ2v) is 7.96. The summed E-state index contributed by atoms with van der Waals surface area (Å²) in [5.41, 5.74) is 1.77. The molecule has 0 aliphatic rings. The fraction of sp³-hybridized carbons (Fsp3) is 0.316. The number of halogens is 1. The van der Waals surface area contributed by atoms with Gasteiger partial charge in [0.2, 0.25) is 0 Å². The number of aryl methyl sites for hydroxylation is 1. The lowest BCUT2D eigenvalue weighted by Gasteiger charge is -2.10. The summed E-state index contributed by atoms with van der Waals surface area (Å²) in [5.74, 6) is 0.441. The molecule has 0 aliphatic heterocycles. The maximum Gasteiger partial charge on any atom is 0.283 e. The van der Waals surface area contributed by atoms with Gasteiger partial charge in [0, 0.05) is 17.1 Å². The quantitative estimate of drug-likeness (QED) is 0.397. The van der Waals surface area contributed by atoms with Crippen molar-refractivity contribution in [3.8, 4) is 0 Å². The van der Waals surface area contributed by atoms with Crippen LogP contribution in [0.5, 0.6) is 0 Å². The second-order valence-electron chi connectivity index (χ2n) is 5.92. The first kappa shape index (κ1) is 19.5. The third kappa shape index (κ3) is 6.18. The number of nitrogens with one attached hydrogen (secondary N) is 1. The van der Waals surface area contributed by atoms with Crippen molar-refractivity contribution in [3.05, 3.63) is 59.1 Å². The molecule has 0 aromatic heterocycles. The minimum absolute atomic E-state index is 0.198. The van der Waals surface area contributed by atoms with E-state index in [1.54, 1.807) is 48.5 Å². The number of nitrogens with zero attached hydrogens (tertiary/aromatic N) is 1. The number of anilines is 1. The number of rotatable bonds is 7. The third-order valence-corrected chi connectivity index (χ3v) is 5.28. The zero-order valence-electron chi connectivity index (χ0n) is 14.5. The van der Waals surface area contributed by atoms with Gasteiger partial charge in [-0.2, -0.15) is 8.42 Å². The van der Waals surface area contributed by atoms with Crippen molar-refractivity contribution in [2.45, 2.75) is 44.4 Å². The lowest BCUT2D eigenvalue weighted by Crippen LogP contribution is -2.15. The maximum atomic E-state index is 12.6. The van der Waals surface area contributed by atoms with Crippen LogP contribution >= 0.6 is 11.6 Å². The molecule has 0 heterocycles. The van der Waals surface area contributed by atoms with E-state index in [-0.39, 0.29) is 4.90 Å². The number of unbranched alkanes of at least 4 members (excludes halogenated alkanes) is 2. The van der Waals surface area contributed by atoms with Crippen LogP contribution in [0.4, 0.5) is 5.69 Å². The summed E-state index contributed by atoms with van der Waals surface area (Å²) in [5, 5.41) is 3.74. The lowest BCUT2D eigenvalue weighted by atomic mass is 10.2. The van der Waals surface area contributed by atoms with Crippen LogP contribution < -0.4 is 5.32 Å². The molecule has 0 aliphatic carbocycles. The zero-order valence-corrected chi connectivity index (χ0v) is 16.1. The molecular formula is C19H23ClN2O2S. The molecule has 0 radical (unpaired) electrons. The molecule has 0 bridgehead atoms. The summed E-state index contributed by atoms with van der Waals surface area (Å²) in [7, 11) is -3.74. The molecule has 0 fully saturated rings. The second kappa shape index (κ2) is 9.02. The average Bonchev–Trinajstić information content (AvgIpc) is 2.57. The van der Waals surface area contributed by atoms with Crippen LogP contribution in [0.1, 0.15) is 38.2 Å². The molecule has 4 nitrogen and oxygen atoms in total. The van der Waals surface area contributed by atoms with Gasteiger partial charge >= 0.3 is 0 Å². The highest BCUT2D eigenvalue weighted by Gasteiger charge is 2.14. The molecule has 2 aromatic carbocycles. The summed E-state index contributed by atoms with van der Waals surface area (Å²) in [4.78, 5) is 0.198. The fourth-order valence-electron chi connectivity index (χ4n) is 2.28. The van der Waals surface area contributed by atoms with Crippen LogP contribution in [0, 0.1) is 6.92 Å². The number of sulfonamides is 1. The highest BCUT2D eigenvalue weighted by molar-refractivity contribution is 7.90. The number of hydrogen-bond donors (Lipinski definition) is 1. The fourth-order valence-corrected chi connectivity index (χ4v) is 3.42. The summed E-state index contributed by atoms with van der Waals surface area (Å²) < 4.78 is 29.2. The van der Waals surface area contributed by atoms with E-state index in [4.69, 9.17) is 11.6 Å². The van der Waals surface area contributed by atoms with E-state index < -0.39 is 10.0 Å². The monoisotopic (exact) mass is 378 g/mol. The molecule has 2 rings (SSSR count). The highest BCUT2D eigenvalue weighted by atomic mass is 35.5. The Morgan fingerprint density at radius 2 is 1.68 bits per heavy atom. The predicted octanol–water partition coefficient (Wildman–Crippen LogP) is 5.43. The van der Waals surface area contributed by atoms with E-state index in [0.29, 0.717) is 17.3 Å². The molecule has 134 valence electrons. The van der Waals surface area contributed by atoms with Crippen molar-refractivity contribution in [3.63, 3.8) is 0 Å². The van der Waals surface area contributed by atoms with Gasteiger partial charge in [-0.1, -0.05) is 49.1 Å². The van der Waals surface area contributed by atoms with Gasteiger partial charge in [0.05, 0.1) is 4.90 Å². The summed E-state index contributed by atoms with van der Waals surface area (Å²) in [6, 6.07) is 13.8. The molecule has 0 atom stereocenters. The molecule has 6 heteroatoms. The summed E-state index contributed by atoms with van der Waals surface area (Å²) in [6.45, 7) is 4.02. The van der Waals surface area contributed by atoms with Crippen molar-refractivity contribution in [1.82, 2.24) is 0 Å². The van der Waals surface area contributed by atoms with Crippen LogP contribution in [0.15, 0.2) is 57.8 Å². The number of hydrogen-bond acceptors (Lipinski definition) is 2. The van der Waals surface area contributed by atoms with Gasteiger partial charge in [-0.15, -0.1) is 4.40 Å². The molecule has 0 saturated carbocycles. The topological polar surface area (TPSA) is 58.5 Å². The smallest absolute Gasteiger partial charge is 0.283 e. The Bertz CT molecular complexity index is 814. The molecule has 25 heavy (non-hydrogen) atoms. The van der Waals surface area contributed by atoms with E-state index in [1.165, 1.54) is 0 Å². The van der Waals surface area contributed by atoms with E-state index in [1.807, 2.05) is 6.92 Å². The Kier molecular flexibility index (Phi) is 7.02. The Morgan fingerprint density at radius 1 is 1.04 bits per heavy atom. The Balaban J connectivity index is 2.27. The van der Waals surface area contributed by atoms with Gasteiger partial charge in [0.1, 0.15) is 5.84 Å². The van der Waals surface area contributed by atoms with Gasteiger partial charge in [-0.05, 0) is 49.7 Å². The molecule has 0 amide bonds. The molecule has 0 saturated heterocycles. The Hall–Kier alpha value is -1.85. The minimum atomic E-state index is -3.74. The first-order valence-electron chi connectivity index (χ1n) is 8.34. The third-order valence-electron chi connectivity index (χ3n) is 3.70. The van der Waals surface area contributed by atoms with Crippen LogP contribution in [0.3, 0.4) is 0 Å². The molecule has 0 unspecified atom stereocenters. The normalized spacial score (nSPS) is 12.2. The summed E-state index contributed by atoms with van der Waals surface area (Å²) in [6.07, 6.45) is 3.52. The van der Waals surface area contributed by atoms with Crippen molar-refractivity contribution in [1.29, 1.82) is 0 Å². The van der Waals surface area contributed by atoms with Crippen LogP contribution in [-0.4, -0.2) is 14.3 Å². The van der Waals surface area contributed by atoms with Gasteiger partial charge in [0.25, 0.3) is 10.0 Å². The van der Waals surface area contributed by atoms with E-state index in [0.717, 1.165) is 30.5 Å². The van der Waals surface area contributed by atoms with Gasteiger partial charge in [0.15, 0.2) is 0 Å². The van der Waals surface area contributed by atoms with E-state index >= 15 is 0 Å². The van der Waals surface area contributed by atoms with E-state index in [2.05, 4.69) is 16.6 Å². The van der Waals surface area contributed by atoms with Gasteiger partial charge in [-0.3, -0.25) is 0 Å². The van der Waals surface area contributed by atoms with Crippen molar-refractivity contribution in [2.24, 2.45) is 4.40 Å². The first-order valence-corrected chi connectivity index (χ1v) is 10.2. The van der Waals surface area contributed by atoms with Crippen molar-refractivity contribution >= 4 is 33.1 Å². The molecular weight excluding hydrogens is 356 g/mol. The Morgan fingerprint density at radius 3 is 2.28 bits per heavy atom. The first-order chi connectivity index (χ1) is 11.9. The minimum Gasteiger partial charge on any atom is -0.343 e. The number of amidine groups is 1. The zero-order chi connectivity index (χ0) is 18.3. The van der Waals surface area contributed by atoms with E-state index in [9.17, 15) is 8.42 Å². The van der Waals surface area contributed by atoms with Gasteiger partial charge in [-0.25, -0.2) is 0 Å². The predicted molar refractivity (Wildman–Crippen MR) is 105 cm³/mol. The van der Waals surface area contributed by atoms with Crippen LogP contribution in [0.2, 0.25) is 5.02 Å². The molecule has 2 aromatic rings. The Labute approximate surface area is 155 Å². The maximum absolute atomic E-state index is 12.6. The molecule has 0 spiro atoms. The SMILES string of the molecule is CCCCC/C(=N\S(=O)(=O)c1ccc(C)cc1)Nc1ccc(Cl)cc1. The van der Waals surface area contributed by atoms with Gasteiger partial charge < -0.3 is 5.32 Å². The largest absolute Gasteiger partial charge is 0.343 e. The highest BCUT2D eigenvalue weighted by Crippen LogP contribution is 2.17. The molecule has 1 N–H and O–H groups in total. The average molecular weight is 379 g/mol. The number of benzene rings is 2. The van der Waals surface area contributed by atoms with Crippen molar-refractivity contribution < 1.29 is 8.42 Å². The van der Waals surface area contributed by atoms with Crippen LogP contribution in [0.25, 0.3) is 0 Å². The van der Waals surface area contributed by atoms with Crippen LogP contribution in [-0.2, 0) is 10.0 Å². The summed E-state index contributed by atoms with van der Waals surface area (Å²) >= 11 is 5.90.